The molecule has 6 heteroatoms. The van der Waals surface area contributed by atoms with Crippen molar-refractivity contribution in [1.29, 1.82) is 0 Å². The molecule has 0 unspecified atom stereocenters. The molecule has 0 bridgehead atoms. The first-order chi connectivity index (χ1) is 5.82. The van der Waals surface area contributed by atoms with Gasteiger partial charge >= 0.3 is 6.18 Å². The molecule has 0 aliphatic rings. The van der Waals surface area contributed by atoms with Crippen molar-refractivity contribution < 1.29 is 13.2 Å². The minimum atomic E-state index is -4.47. The smallest absolute Gasteiger partial charge is 0.319 e. The molecule has 1 aromatic rings. The van der Waals surface area contributed by atoms with E-state index in [1.165, 1.54) is 7.05 Å². The first kappa shape index (κ1) is 9.89. The average molecular weight is 187 g/mol. The molecule has 0 amide bonds. The summed E-state index contributed by atoms with van der Waals surface area (Å²) in [5.41, 5.74) is -1.96. The Morgan fingerprint density at radius 3 is 2.38 bits per heavy atom. The van der Waals surface area contributed by atoms with Gasteiger partial charge in [0, 0.05) is 13.2 Å². The Morgan fingerprint density at radius 2 is 2.00 bits per heavy atom. The Bertz CT molecular complexity index is 356. The molecule has 68 valence electrons. The average Bonchev–Trinajstić information content (AvgIpc) is 1.97. The SMILES string of the molecule is [B]c1cc(C(F)(F)F)cn(C)c1=O. The third-order valence-corrected chi connectivity index (χ3v) is 1.54. The van der Waals surface area contributed by atoms with E-state index in [1.54, 1.807) is 0 Å². The van der Waals surface area contributed by atoms with Gasteiger partial charge < -0.3 is 4.57 Å². The van der Waals surface area contributed by atoms with Crippen molar-refractivity contribution in [3.05, 3.63) is 28.2 Å². The predicted molar refractivity (Wildman–Crippen MR) is 42.1 cm³/mol. The monoisotopic (exact) mass is 187 g/mol. The minimum absolute atomic E-state index is 0.405. The molecular weight excluding hydrogens is 182 g/mol. The van der Waals surface area contributed by atoms with Crippen molar-refractivity contribution in [2.24, 2.45) is 7.05 Å². The number of rotatable bonds is 0. The summed E-state index contributed by atoms with van der Waals surface area (Å²) in [5, 5.41) is 0. The third kappa shape index (κ3) is 1.94. The highest BCUT2D eigenvalue weighted by Gasteiger charge is 2.31. The number of halogens is 3. The highest BCUT2D eigenvalue weighted by Crippen LogP contribution is 2.27. The topological polar surface area (TPSA) is 22.0 Å². The van der Waals surface area contributed by atoms with Gasteiger partial charge in [-0.3, -0.25) is 4.79 Å². The van der Waals surface area contributed by atoms with Crippen molar-refractivity contribution in [2.45, 2.75) is 6.18 Å². The maximum atomic E-state index is 12.1. The van der Waals surface area contributed by atoms with Gasteiger partial charge in [-0.2, -0.15) is 13.2 Å². The Kier molecular flexibility index (Phi) is 2.23. The van der Waals surface area contributed by atoms with Crippen molar-refractivity contribution in [3.63, 3.8) is 0 Å². The number of nitrogens with zero attached hydrogens (tertiary/aromatic N) is 1. The van der Waals surface area contributed by atoms with E-state index in [9.17, 15) is 18.0 Å². The molecule has 0 spiro atoms. The van der Waals surface area contributed by atoms with Crippen LogP contribution in [0.15, 0.2) is 17.1 Å². The molecule has 1 aromatic heterocycles. The molecule has 0 aliphatic heterocycles. The second kappa shape index (κ2) is 2.94. The number of alkyl halides is 3. The molecule has 1 heterocycles. The van der Waals surface area contributed by atoms with Gasteiger partial charge in [-0.1, -0.05) is 6.07 Å². The van der Waals surface area contributed by atoms with Gasteiger partial charge in [0.15, 0.2) is 0 Å². The number of aromatic nitrogens is 1. The number of aryl methyl sites for hydroxylation is 1. The van der Waals surface area contributed by atoms with Crippen molar-refractivity contribution in [3.8, 4) is 0 Å². The molecule has 0 aromatic carbocycles. The van der Waals surface area contributed by atoms with Crippen LogP contribution in [0.25, 0.3) is 0 Å². The highest BCUT2D eigenvalue weighted by atomic mass is 19.4. The van der Waals surface area contributed by atoms with Crippen molar-refractivity contribution in [1.82, 2.24) is 4.57 Å². The Balaban J connectivity index is 3.38. The van der Waals surface area contributed by atoms with E-state index in [-0.39, 0.29) is 0 Å². The summed E-state index contributed by atoms with van der Waals surface area (Å²) in [4.78, 5) is 10.9. The number of pyridine rings is 1. The van der Waals surface area contributed by atoms with Gasteiger partial charge in [-0.15, -0.1) is 0 Å². The minimum Gasteiger partial charge on any atom is -0.319 e. The summed E-state index contributed by atoms with van der Waals surface area (Å²) in [5.74, 6) is 0. The predicted octanol–water partition coefficient (Wildman–Crippen LogP) is 0.198. The summed E-state index contributed by atoms with van der Waals surface area (Å²) in [6.07, 6.45) is -3.77. The molecule has 0 saturated carbocycles. The summed E-state index contributed by atoms with van der Waals surface area (Å²) in [6, 6.07) is 0.627. The molecular formula is C7H5BF3NO. The molecule has 0 saturated heterocycles. The maximum absolute atomic E-state index is 12.1. The second-order valence-electron chi connectivity index (χ2n) is 2.60. The lowest BCUT2D eigenvalue weighted by atomic mass is 9.96. The summed E-state index contributed by atoms with van der Waals surface area (Å²) < 4.78 is 37.1. The maximum Gasteiger partial charge on any atom is 0.417 e. The molecule has 0 aliphatic carbocycles. The molecule has 1 rings (SSSR count). The summed E-state index contributed by atoms with van der Waals surface area (Å²) >= 11 is 0. The summed E-state index contributed by atoms with van der Waals surface area (Å²) in [6.45, 7) is 0. The van der Waals surface area contributed by atoms with E-state index in [2.05, 4.69) is 0 Å². The van der Waals surface area contributed by atoms with Gasteiger partial charge in [-0.05, 0) is 5.46 Å². The van der Waals surface area contributed by atoms with Crippen LogP contribution in [-0.4, -0.2) is 12.4 Å². The quantitative estimate of drug-likeness (QED) is 0.531. The fraction of sp³-hybridized carbons (Fsp3) is 0.286. The van der Waals surface area contributed by atoms with E-state index >= 15 is 0 Å². The van der Waals surface area contributed by atoms with E-state index in [0.717, 1.165) is 4.57 Å². The lowest BCUT2D eigenvalue weighted by Crippen LogP contribution is -2.34. The van der Waals surface area contributed by atoms with E-state index in [4.69, 9.17) is 7.85 Å². The van der Waals surface area contributed by atoms with Crippen LogP contribution >= 0.6 is 0 Å². The largest absolute Gasteiger partial charge is 0.417 e. The fourth-order valence-corrected chi connectivity index (χ4v) is 0.892. The van der Waals surface area contributed by atoms with Gasteiger partial charge in [-0.25, -0.2) is 0 Å². The van der Waals surface area contributed by atoms with Crippen molar-refractivity contribution in [2.75, 3.05) is 0 Å². The molecule has 13 heavy (non-hydrogen) atoms. The van der Waals surface area contributed by atoms with E-state index in [0.29, 0.717) is 12.3 Å². The zero-order chi connectivity index (χ0) is 10.2. The van der Waals surface area contributed by atoms with Crippen LogP contribution in [0.4, 0.5) is 13.2 Å². The van der Waals surface area contributed by atoms with Gasteiger partial charge in [0.25, 0.3) is 0 Å². The Labute approximate surface area is 73.4 Å². The van der Waals surface area contributed by atoms with Crippen LogP contribution in [0, 0.1) is 0 Å². The lowest BCUT2D eigenvalue weighted by Gasteiger charge is -2.09. The zero-order valence-electron chi connectivity index (χ0n) is 6.72. The van der Waals surface area contributed by atoms with E-state index in [1.807, 2.05) is 0 Å². The molecule has 2 radical (unpaired) electrons. The number of hydrogen-bond acceptors (Lipinski definition) is 1. The first-order valence-corrected chi connectivity index (χ1v) is 3.35. The van der Waals surface area contributed by atoms with Crippen LogP contribution in [0.2, 0.25) is 0 Å². The van der Waals surface area contributed by atoms with Crippen LogP contribution in [0.3, 0.4) is 0 Å². The second-order valence-corrected chi connectivity index (χ2v) is 2.60. The summed E-state index contributed by atoms with van der Waals surface area (Å²) in [7, 11) is 6.30. The third-order valence-electron chi connectivity index (χ3n) is 1.54. The number of hydrogen-bond donors (Lipinski definition) is 0. The normalized spacial score (nSPS) is 11.7. The van der Waals surface area contributed by atoms with Crippen LogP contribution in [0.1, 0.15) is 5.56 Å². The van der Waals surface area contributed by atoms with Crippen LogP contribution < -0.4 is 11.0 Å². The van der Waals surface area contributed by atoms with E-state index < -0.39 is 22.8 Å². The molecule has 0 fully saturated rings. The van der Waals surface area contributed by atoms with Gasteiger partial charge in [0.05, 0.1) is 5.56 Å². The van der Waals surface area contributed by atoms with Gasteiger partial charge in [0.2, 0.25) is 5.56 Å². The molecule has 2 nitrogen and oxygen atoms in total. The fourth-order valence-electron chi connectivity index (χ4n) is 0.892. The highest BCUT2D eigenvalue weighted by molar-refractivity contribution is 6.32. The Morgan fingerprint density at radius 1 is 1.46 bits per heavy atom. The van der Waals surface area contributed by atoms with Crippen LogP contribution in [-0.2, 0) is 13.2 Å². The lowest BCUT2D eigenvalue weighted by molar-refractivity contribution is -0.138. The first-order valence-electron chi connectivity index (χ1n) is 3.35. The Hall–Kier alpha value is -1.20. The molecule has 0 N–H and O–H groups in total. The zero-order valence-corrected chi connectivity index (χ0v) is 6.72. The van der Waals surface area contributed by atoms with Crippen LogP contribution in [0.5, 0.6) is 0 Å². The van der Waals surface area contributed by atoms with Crippen molar-refractivity contribution >= 4 is 13.3 Å². The molecule has 0 atom stereocenters. The van der Waals surface area contributed by atoms with Gasteiger partial charge in [0.1, 0.15) is 7.85 Å². The standard InChI is InChI=1S/C7H5BF3NO/c1-12-3-4(7(9,10)11)2-5(8)6(12)13/h2-3H,1H3.